The van der Waals surface area contributed by atoms with Crippen molar-refractivity contribution < 1.29 is 15.0 Å². The first-order valence-electron chi connectivity index (χ1n) is 13.8. The summed E-state index contributed by atoms with van der Waals surface area (Å²) < 4.78 is 5.33. The van der Waals surface area contributed by atoms with Crippen LogP contribution in [0.5, 0.6) is 0 Å². The van der Waals surface area contributed by atoms with Crippen LogP contribution in [0.4, 0.5) is 0 Å². The van der Waals surface area contributed by atoms with Crippen molar-refractivity contribution in [1.82, 2.24) is 29.3 Å². The first-order chi connectivity index (χ1) is 20.5. The Hall–Kier alpha value is -4.71. The molecule has 0 bridgehead atoms. The molecule has 3 aromatic carbocycles. The van der Waals surface area contributed by atoms with E-state index in [4.69, 9.17) is 15.3 Å². The molecule has 0 radical (unpaired) electrons. The van der Waals surface area contributed by atoms with Crippen LogP contribution in [0.15, 0.2) is 133 Å². The van der Waals surface area contributed by atoms with Crippen LogP contribution in [0.3, 0.4) is 0 Å². The second-order valence-electron chi connectivity index (χ2n) is 10.1. The van der Waals surface area contributed by atoms with Crippen molar-refractivity contribution in [3.63, 3.8) is 0 Å². The number of allylic oxidation sites excluding steroid dienone is 2. The van der Waals surface area contributed by atoms with Gasteiger partial charge < -0.3 is 0 Å². The zero-order valence-electron chi connectivity index (χ0n) is 23.9. The number of rotatable bonds is 9. The zero-order chi connectivity index (χ0) is 29.1. The van der Waals surface area contributed by atoms with E-state index in [-0.39, 0.29) is 15.0 Å². The molecular formula is C35H32MnN6. The fourth-order valence-corrected chi connectivity index (χ4v) is 6.89. The average molecular weight is 592 g/mol. The molecule has 0 amide bonds. The fraction of sp³-hybridized carbons (Fsp3) is 0.114. The Kier molecular flexibility index (Phi) is 7.62. The normalized spacial score (nSPS) is 11.8. The predicted octanol–water partition coefficient (Wildman–Crippen LogP) is 7.65. The summed E-state index contributed by atoms with van der Waals surface area (Å²) in [4.78, 5) is 2.15. The molecule has 6 aromatic rings. The first kappa shape index (κ1) is 27.5. The molecule has 0 spiro atoms. The molecule has 0 N–H and O–H groups in total. The molecule has 0 saturated carbocycles. The van der Waals surface area contributed by atoms with Gasteiger partial charge in [-0.1, -0.05) is 0 Å². The number of benzene rings is 3. The zero-order valence-corrected chi connectivity index (χ0v) is 25.1. The van der Waals surface area contributed by atoms with Gasteiger partial charge in [0, 0.05) is 0 Å². The number of hydrogen-bond donors (Lipinski definition) is 0. The van der Waals surface area contributed by atoms with Gasteiger partial charge in [-0.15, -0.1) is 0 Å². The number of aryl methyl sites for hydroxylation is 3. The third-order valence-corrected chi connectivity index (χ3v) is 8.73. The van der Waals surface area contributed by atoms with Crippen LogP contribution in [-0.2, 0) is 19.6 Å². The Balaban J connectivity index is 1.66. The molecule has 0 fully saturated rings. The van der Waals surface area contributed by atoms with E-state index in [9.17, 15) is 0 Å². The van der Waals surface area contributed by atoms with E-state index >= 15 is 0 Å². The standard InChI is InChI=1S/C31H27N6.C4H5.Mn/c1-22-19-28(25-13-7-4-8-14-25)32-35(22)31(36-23(2)20-29(33-36)26-15-9-5-10-16-26)37-24(3)21-30(34-37)27-17-11-6-12-18-27;1-3-4-2;/h4-21H,1-3H3;1,3-4H,2H2;. The molecular weight excluding hydrogens is 559 g/mol. The van der Waals surface area contributed by atoms with E-state index in [0.717, 1.165) is 50.9 Å². The van der Waals surface area contributed by atoms with Crippen LogP contribution < -0.4 is 0 Å². The van der Waals surface area contributed by atoms with Gasteiger partial charge >= 0.3 is 254 Å². The molecule has 6 nitrogen and oxygen atoms in total. The Bertz CT molecular complexity index is 1640. The fourth-order valence-electron chi connectivity index (χ4n) is 5.12. The van der Waals surface area contributed by atoms with Crippen LogP contribution in [0.2, 0.25) is 0 Å². The molecule has 7 heteroatoms. The topological polar surface area (TPSA) is 53.5 Å². The van der Waals surface area contributed by atoms with Crippen LogP contribution in [-0.4, -0.2) is 29.3 Å². The van der Waals surface area contributed by atoms with E-state index in [2.05, 4.69) is 101 Å². The maximum absolute atomic E-state index is 5.27. The van der Waals surface area contributed by atoms with Gasteiger partial charge in [0.15, 0.2) is 0 Å². The quantitative estimate of drug-likeness (QED) is 0.128. The Morgan fingerprint density at radius 1 is 0.571 bits per heavy atom. The third-order valence-electron chi connectivity index (χ3n) is 7.10. The molecule has 0 unspecified atom stereocenters. The van der Waals surface area contributed by atoms with Crippen LogP contribution in [0, 0.1) is 20.8 Å². The van der Waals surface area contributed by atoms with Crippen molar-refractivity contribution in [2.24, 2.45) is 0 Å². The molecule has 209 valence electrons. The van der Waals surface area contributed by atoms with Gasteiger partial charge in [0.05, 0.1) is 0 Å². The van der Waals surface area contributed by atoms with Crippen molar-refractivity contribution >= 4 is 0 Å². The van der Waals surface area contributed by atoms with Crippen molar-refractivity contribution in [2.75, 3.05) is 0 Å². The summed E-state index contributed by atoms with van der Waals surface area (Å²) in [5.41, 5.74) is 8.88. The van der Waals surface area contributed by atoms with Crippen molar-refractivity contribution in [3.05, 3.63) is 150 Å². The van der Waals surface area contributed by atoms with Gasteiger partial charge in [0.25, 0.3) is 0 Å². The summed E-state index contributed by atoms with van der Waals surface area (Å²) in [6.45, 7) is 10.2. The van der Waals surface area contributed by atoms with E-state index < -0.39 is 4.69 Å². The monoisotopic (exact) mass is 591 g/mol. The van der Waals surface area contributed by atoms with Gasteiger partial charge in [-0.3, -0.25) is 0 Å². The van der Waals surface area contributed by atoms with E-state index in [1.165, 1.54) is 0 Å². The van der Waals surface area contributed by atoms with Crippen molar-refractivity contribution in [3.8, 4) is 33.8 Å². The first-order valence-corrected chi connectivity index (χ1v) is 15.1. The summed E-state index contributed by atoms with van der Waals surface area (Å²) in [7, 11) is 0. The van der Waals surface area contributed by atoms with Gasteiger partial charge in [-0.2, -0.15) is 0 Å². The Morgan fingerprint density at radius 2 is 0.905 bits per heavy atom. The summed E-state index contributed by atoms with van der Waals surface area (Å²) in [6, 6.07) is 37.3. The molecule has 3 aromatic heterocycles. The molecule has 42 heavy (non-hydrogen) atoms. The van der Waals surface area contributed by atoms with Crippen molar-refractivity contribution in [2.45, 2.75) is 25.5 Å². The van der Waals surface area contributed by atoms with Crippen LogP contribution in [0.25, 0.3) is 33.8 Å². The summed E-state index contributed by atoms with van der Waals surface area (Å²) >= 11 is 0.141. The molecule has 3 heterocycles. The SMILES string of the molecule is C=CC=[CH][Mn][C](n1nc(-c2ccccc2)cc1C)(n1nc(-c2ccccc2)cc1C)n1nc(-c2ccccc2)cc1C. The van der Waals surface area contributed by atoms with Gasteiger partial charge in [0.1, 0.15) is 0 Å². The minimum atomic E-state index is -0.936. The van der Waals surface area contributed by atoms with Gasteiger partial charge in [-0.05, 0) is 0 Å². The molecule has 0 saturated heterocycles. The molecule has 0 atom stereocenters. The van der Waals surface area contributed by atoms with Crippen LogP contribution in [0.1, 0.15) is 17.1 Å². The molecule has 6 rings (SSSR count). The third kappa shape index (κ3) is 4.98. The van der Waals surface area contributed by atoms with E-state index in [1.807, 2.05) is 60.7 Å². The minimum absolute atomic E-state index is 0.141. The summed E-state index contributed by atoms with van der Waals surface area (Å²) in [5, 5.41) is 15.8. The molecule has 0 aliphatic carbocycles. The number of hydrogen-bond acceptors (Lipinski definition) is 3. The Labute approximate surface area is 252 Å². The van der Waals surface area contributed by atoms with Gasteiger partial charge in [-0.25, -0.2) is 0 Å². The molecule has 0 aliphatic heterocycles. The van der Waals surface area contributed by atoms with Gasteiger partial charge in [0.2, 0.25) is 0 Å². The number of nitrogens with zero attached hydrogens (tertiary/aromatic N) is 6. The summed E-state index contributed by atoms with van der Waals surface area (Å²) in [5.74, 6) is 0. The average Bonchev–Trinajstić information content (AvgIpc) is 3.74. The summed E-state index contributed by atoms with van der Waals surface area (Å²) in [6.07, 6.45) is 3.79. The second kappa shape index (κ2) is 11.6. The van der Waals surface area contributed by atoms with Crippen LogP contribution >= 0.6 is 0 Å². The molecule has 0 aliphatic rings. The van der Waals surface area contributed by atoms with Crippen molar-refractivity contribution in [1.29, 1.82) is 0 Å². The Morgan fingerprint density at radius 3 is 1.21 bits per heavy atom. The second-order valence-corrected chi connectivity index (χ2v) is 11.6. The maximum atomic E-state index is 5.27. The van der Waals surface area contributed by atoms with E-state index in [0.29, 0.717) is 0 Å². The number of aromatic nitrogens is 6. The predicted molar refractivity (Wildman–Crippen MR) is 165 cm³/mol. The van der Waals surface area contributed by atoms with E-state index in [1.54, 1.807) is 6.08 Å².